The molecule has 0 aromatic heterocycles. The summed E-state index contributed by atoms with van der Waals surface area (Å²) < 4.78 is 2.94. The third kappa shape index (κ3) is 2.78. The molecule has 2 aliphatic heterocycles. The number of halogens is 2. The van der Waals surface area contributed by atoms with E-state index in [1.807, 2.05) is 54.2 Å². The number of hydrogen-bond donors (Lipinski definition) is 0. The molecule has 2 aliphatic rings. The zero-order chi connectivity index (χ0) is 13.4. The number of rotatable bonds is 1. The summed E-state index contributed by atoms with van der Waals surface area (Å²) in [4.78, 5) is 16.2. The first-order valence-electron chi connectivity index (χ1n) is 5.87. The maximum absolute atomic E-state index is 12.1. The molecular weight excluding hydrogens is 431 g/mol. The van der Waals surface area contributed by atoms with Crippen LogP contribution in [-0.2, 0) is 7.05 Å². The van der Waals surface area contributed by atoms with Crippen LogP contribution in [0.15, 0.2) is 57.9 Å². The van der Waals surface area contributed by atoms with Crippen molar-refractivity contribution in [2.24, 2.45) is 7.05 Å². The summed E-state index contributed by atoms with van der Waals surface area (Å²) in [6, 6.07) is 13.4. The Morgan fingerprint density at radius 2 is 1.85 bits per heavy atom. The van der Waals surface area contributed by atoms with Crippen molar-refractivity contribution in [3.63, 3.8) is 0 Å². The second-order valence-electron chi connectivity index (χ2n) is 4.37. The summed E-state index contributed by atoms with van der Waals surface area (Å²) in [5, 5.41) is 0. The van der Waals surface area contributed by atoms with Crippen LogP contribution in [0.5, 0.6) is 0 Å². The van der Waals surface area contributed by atoms with Crippen molar-refractivity contribution in [2.45, 2.75) is 0 Å². The smallest absolute Gasteiger partial charge is 0.279 e. The lowest BCUT2D eigenvalue weighted by Gasteiger charge is -2.11. The molecule has 20 heavy (non-hydrogen) atoms. The monoisotopic (exact) mass is 442 g/mol. The van der Waals surface area contributed by atoms with Gasteiger partial charge in [-0.05, 0) is 30.3 Å². The van der Waals surface area contributed by atoms with E-state index in [1.165, 1.54) is 0 Å². The van der Waals surface area contributed by atoms with Gasteiger partial charge in [0.1, 0.15) is 0 Å². The van der Waals surface area contributed by atoms with Crippen LogP contribution in [0.25, 0.3) is 22.5 Å². The fraction of sp³-hybridized carbons (Fsp3) is 0.0667. The SMILES string of the molecule is Cn1cccc2c(=O)nc(-c3ccc(Br)cc3)cc1-2.I. The minimum atomic E-state index is -0.188. The number of hydrogen-bond acceptors (Lipinski definition) is 2. The number of aryl methyl sites for hydroxylation is 1. The Morgan fingerprint density at radius 3 is 2.55 bits per heavy atom. The van der Waals surface area contributed by atoms with E-state index in [-0.39, 0.29) is 29.5 Å². The van der Waals surface area contributed by atoms with Crippen LogP contribution >= 0.6 is 39.9 Å². The number of aromatic nitrogens is 2. The van der Waals surface area contributed by atoms with Crippen molar-refractivity contribution in [3.8, 4) is 22.5 Å². The summed E-state index contributed by atoms with van der Waals surface area (Å²) >= 11 is 3.40. The Labute approximate surface area is 142 Å². The number of benzene rings is 1. The van der Waals surface area contributed by atoms with Gasteiger partial charge in [-0.1, -0.05) is 28.1 Å². The van der Waals surface area contributed by atoms with Gasteiger partial charge in [-0.3, -0.25) is 4.79 Å². The van der Waals surface area contributed by atoms with Crippen LogP contribution in [0.3, 0.4) is 0 Å². The summed E-state index contributed by atoms with van der Waals surface area (Å²) in [7, 11) is 1.92. The normalized spacial score (nSPS) is 10.3. The highest BCUT2D eigenvalue weighted by Gasteiger charge is 2.12. The third-order valence-corrected chi connectivity index (χ3v) is 3.62. The van der Waals surface area contributed by atoms with Gasteiger partial charge in [-0.25, -0.2) is 4.98 Å². The lowest BCUT2D eigenvalue weighted by atomic mass is 10.1. The molecule has 1 aromatic carbocycles. The van der Waals surface area contributed by atoms with Crippen LogP contribution in [-0.4, -0.2) is 9.55 Å². The van der Waals surface area contributed by atoms with Gasteiger partial charge >= 0.3 is 0 Å². The molecule has 0 unspecified atom stereocenters. The fourth-order valence-corrected chi connectivity index (χ4v) is 2.35. The van der Waals surface area contributed by atoms with Crippen LogP contribution in [0.4, 0.5) is 0 Å². The minimum absolute atomic E-state index is 0. The number of nitrogens with zero attached hydrogens (tertiary/aromatic N) is 2. The van der Waals surface area contributed by atoms with E-state index in [2.05, 4.69) is 20.9 Å². The molecule has 2 heterocycles. The first-order chi connectivity index (χ1) is 9.15. The second kappa shape index (κ2) is 6.05. The fourth-order valence-electron chi connectivity index (χ4n) is 2.08. The van der Waals surface area contributed by atoms with Crippen LogP contribution < -0.4 is 5.56 Å². The van der Waals surface area contributed by atoms with E-state index >= 15 is 0 Å². The van der Waals surface area contributed by atoms with Crippen molar-refractivity contribution in [1.82, 2.24) is 9.55 Å². The Morgan fingerprint density at radius 1 is 1.15 bits per heavy atom. The van der Waals surface area contributed by atoms with E-state index in [0.717, 1.165) is 15.7 Å². The molecule has 0 atom stereocenters. The molecule has 5 heteroatoms. The second-order valence-corrected chi connectivity index (χ2v) is 5.29. The molecular formula is C15H12BrIN2O. The quantitative estimate of drug-likeness (QED) is 0.535. The van der Waals surface area contributed by atoms with Gasteiger partial charge in [0.2, 0.25) is 0 Å². The number of pyridine rings is 2. The van der Waals surface area contributed by atoms with Crippen LogP contribution in [0.2, 0.25) is 0 Å². The van der Waals surface area contributed by atoms with Crippen LogP contribution in [0.1, 0.15) is 0 Å². The molecule has 0 amide bonds. The van der Waals surface area contributed by atoms with Crippen molar-refractivity contribution < 1.29 is 0 Å². The number of fused-ring (bicyclic) bond motifs is 1. The van der Waals surface area contributed by atoms with E-state index in [1.54, 1.807) is 6.07 Å². The highest BCUT2D eigenvalue weighted by Crippen LogP contribution is 2.24. The predicted molar refractivity (Wildman–Crippen MR) is 94.7 cm³/mol. The topological polar surface area (TPSA) is 34.9 Å². The lowest BCUT2D eigenvalue weighted by molar-refractivity contribution is 0.906. The Balaban J connectivity index is 0.00000147. The van der Waals surface area contributed by atoms with E-state index in [0.29, 0.717) is 11.3 Å². The van der Waals surface area contributed by atoms with Crippen molar-refractivity contribution in [3.05, 3.63) is 63.5 Å². The molecule has 0 radical (unpaired) electrons. The molecule has 3 rings (SSSR count). The standard InChI is InChI=1S/C15H11BrN2O.HI/c1-18-8-2-3-12-14(18)9-13(17-15(12)19)10-4-6-11(16)7-5-10;/h2-9H,1H3;1H. The molecule has 0 bridgehead atoms. The summed E-state index contributed by atoms with van der Waals surface area (Å²) in [6.45, 7) is 0. The Kier molecular flexibility index (Phi) is 4.59. The molecule has 0 aliphatic carbocycles. The van der Waals surface area contributed by atoms with E-state index < -0.39 is 0 Å². The molecule has 0 N–H and O–H groups in total. The lowest BCUT2D eigenvalue weighted by Crippen LogP contribution is -2.14. The summed E-state index contributed by atoms with van der Waals surface area (Å²) in [5.41, 5.74) is 2.98. The zero-order valence-electron chi connectivity index (χ0n) is 10.7. The predicted octanol–water partition coefficient (Wildman–Crippen LogP) is 3.93. The maximum atomic E-state index is 12.1. The molecule has 0 saturated carbocycles. The average Bonchev–Trinajstić information content (AvgIpc) is 2.41. The van der Waals surface area contributed by atoms with Gasteiger partial charge < -0.3 is 4.57 Å². The molecule has 0 fully saturated rings. The minimum Gasteiger partial charge on any atom is -0.350 e. The van der Waals surface area contributed by atoms with Gasteiger partial charge in [0.15, 0.2) is 0 Å². The van der Waals surface area contributed by atoms with Gasteiger partial charge in [0, 0.05) is 23.3 Å². The maximum Gasteiger partial charge on any atom is 0.279 e. The van der Waals surface area contributed by atoms with Crippen molar-refractivity contribution in [1.29, 1.82) is 0 Å². The van der Waals surface area contributed by atoms with Gasteiger partial charge in [0.05, 0.1) is 17.0 Å². The summed E-state index contributed by atoms with van der Waals surface area (Å²) in [5.74, 6) is 0. The largest absolute Gasteiger partial charge is 0.350 e. The average molecular weight is 443 g/mol. The molecule has 0 spiro atoms. The van der Waals surface area contributed by atoms with E-state index in [4.69, 9.17) is 0 Å². The first kappa shape index (κ1) is 15.2. The first-order valence-corrected chi connectivity index (χ1v) is 6.67. The summed E-state index contributed by atoms with van der Waals surface area (Å²) in [6.07, 6.45) is 1.92. The van der Waals surface area contributed by atoms with Gasteiger partial charge in [-0.15, -0.1) is 24.0 Å². The molecule has 102 valence electrons. The highest BCUT2D eigenvalue weighted by molar-refractivity contribution is 14.0. The Bertz CT molecular complexity index is 768. The zero-order valence-corrected chi connectivity index (χ0v) is 14.6. The molecule has 3 nitrogen and oxygen atoms in total. The van der Waals surface area contributed by atoms with Crippen molar-refractivity contribution >= 4 is 39.9 Å². The van der Waals surface area contributed by atoms with Gasteiger partial charge in [0.25, 0.3) is 5.56 Å². The van der Waals surface area contributed by atoms with Crippen molar-refractivity contribution in [2.75, 3.05) is 0 Å². The third-order valence-electron chi connectivity index (χ3n) is 3.09. The molecule has 1 aromatic rings. The molecule has 0 saturated heterocycles. The Hall–Kier alpha value is -1.21. The van der Waals surface area contributed by atoms with Gasteiger partial charge in [-0.2, -0.15) is 0 Å². The highest BCUT2D eigenvalue weighted by atomic mass is 127. The van der Waals surface area contributed by atoms with Crippen LogP contribution in [0, 0.1) is 0 Å². The van der Waals surface area contributed by atoms with E-state index in [9.17, 15) is 4.79 Å².